The van der Waals surface area contributed by atoms with Crippen molar-refractivity contribution in [1.82, 2.24) is 4.90 Å². The van der Waals surface area contributed by atoms with Gasteiger partial charge in [0, 0.05) is 26.1 Å². The summed E-state index contributed by atoms with van der Waals surface area (Å²) in [5.74, 6) is -0.312. The maximum absolute atomic E-state index is 11.9. The molecule has 0 aromatic rings. The first-order valence-corrected chi connectivity index (χ1v) is 6.46. The summed E-state index contributed by atoms with van der Waals surface area (Å²) in [6.07, 6.45) is 1.22. The molecular weight excluding hydrogens is 234 g/mol. The van der Waals surface area contributed by atoms with E-state index in [4.69, 9.17) is 9.47 Å². The normalized spacial score (nSPS) is 17.2. The summed E-state index contributed by atoms with van der Waals surface area (Å²) in [7, 11) is 0. The van der Waals surface area contributed by atoms with E-state index in [1.807, 2.05) is 20.8 Å². The van der Waals surface area contributed by atoms with E-state index in [0.717, 1.165) is 6.42 Å². The molecule has 5 heteroatoms. The second kappa shape index (κ2) is 6.73. The van der Waals surface area contributed by atoms with Crippen LogP contribution in [0, 0.1) is 0 Å². The summed E-state index contributed by atoms with van der Waals surface area (Å²) in [5.41, 5.74) is -0.490. The van der Waals surface area contributed by atoms with Crippen LogP contribution in [0.4, 0.5) is 0 Å². The van der Waals surface area contributed by atoms with Gasteiger partial charge in [-0.1, -0.05) is 0 Å². The summed E-state index contributed by atoms with van der Waals surface area (Å²) in [4.78, 5) is 25.1. The summed E-state index contributed by atoms with van der Waals surface area (Å²) in [6, 6.07) is 0. The van der Waals surface area contributed by atoms with Crippen molar-refractivity contribution in [3.05, 3.63) is 0 Å². The van der Waals surface area contributed by atoms with Crippen LogP contribution in [0.25, 0.3) is 0 Å². The molecule has 5 nitrogen and oxygen atoms in total. The molecule has 18 heavy (non-hydrogen) atoms. The highest BCUT2D eigenvalue weighted by molar-refractivity contribution is 5.81. The number of hydrogen-bond donors (Lipinski definition) is 0. The third-order valence-corrected chi connectivity index (χ3v) is 2.54. The summed E-state index contributed by atoms with van der Waals surface area (Å²) in [6.45, 7) is 8.07. The number of nitrogens with zero attached hydrogens (tertiary/aromatic N) is 1. The molecule has 0 atom stereocenters. The zero-order valence-corrected chi connectivity index (χ0v) is 11.5. The lowest BCUT2D eigenvalue weighted by atomic mass is 10.2. The summed E-state index contributed by atoms with van der Waals surface area (Å²) < 4.78 is 10.4. The lowest BCUT2D eigenvalue weighted by Crippen LogP contribution is -2.33. The Morgan fingerprint density at radius 2 is 1.89 bits per heavy atom. The molecule has 1 fully saturated rings. The average Bonchev–Trinajstić information content (AvgIpc) is 2.52. The fourth-order valence-corrected chi connectivity index (χ4v) is 1.76. The van der Waals surface area contributed by atoms with Crippen molar-refractivity contribution in [2.75, 3.05) is 26.3 Å². The van der Waals surface area contributed by atoms with E-state index in [0.29, 0.717) is 26.3 Å². The number of esters is 1. The fraction of sp³-hybridized carbons (Fsp3) is 0.846. The van der Waals surface area contributed by atoms with E-state index in [2.05, 4.69) is 0 Å². The van der Waals surface area contributed by atoms with Crippen LogP contribution in [0.15, 0.2) is 0 Å². The number of carbonyl (C=O) groups excluding carboxylic acids is 2. The van der Waals surface area contributed by atoms with Crippen molar-refractivity contribution in [3.63, 3.8) is 0 Å². The van der Waals surface area contributed by atoms with E-state index in [9.17, 15) is 9.59 Å². The lowest BCUT2D eigenvalue weighted by Gasteiger charge is -2.21. The molecule has 0 aromatic carbocycles. The number of carbonyl (C=O) groups is 2. The van der Waals surface area contributed by atoms with Crippen LogP contribution in [0.5, 0.6) is 0 Å². The Balaban J connectivity index is 2.29. The van der Waals surface area contributed by atoms with Gasteiger partial charge in [-0.05, 0) is 27.2 Å². The Kier molecular flexibility index (Phi) is 5.59. The molecule has 1 rings (SSSR count). The Hall–Kier alpha value is -1.10. The van der Waals surface area contributed by atoms with Crippen molar-refractivity contribution in [2.45, 2.75) is 45.6 Å². The first kappa shape index (κ1) is 15.0. The SMILES string of the molecule is CC(C)(C)OC(=O)CCC(=O)N1CCCOCC1. The second-order valence-electron chi connectivity index (χ2n) is 5.43. The van der Waals surface area contributed by atoms with Crippen molar-refractivity contribution in [3.8, 4) is 0 Å². The van der Waals surface area contributed by atoms with Crippen molar-refractivity contribution in [2.24, 2.45) is 0 Å². The van der Waals surface area contributed by atoms with Crippen molar-refractivity contribution >= 4 is 11.9 Å². The molecule has 0 spiro atoms. The summed E-state index contributed by atoms with van der Waals surface area (Å²) >= 11 is 0. The quantitative estimate of drug-likeness (QED) is 0.716. The number of rotatable bonds is 3. The van der Waals surface area contributed by atoms with Crippen LogP contribution in [0.3, 0.4) is 0 Å². The zero-order valence-electron chi connectivity index (χ0n) is 11.5. The largest absolute Gasteiger partial charge is 0.460 e. The van der Waals surface area contributed by atoms with Gasteiger partial charge in [-0.3, -0.25) is 9.59 Å². The second-order valence-corrected chi connectivity index (χ2v) is 5.43. The molecular formula is C13H23NO4. The van der Waals surface area contributed by atoms with E-state index in [-0.39, 0.29) is 24.7 Å². The molecule has 0 bridgehead atoms. The lowest BCUT2D eigenvalue weighted by molar-refractivity contribution is -0.156. The minimum atomic E-state index is -0.490. The van der Waals surface area contributed by atoms with E-state index in [1.54, 1.807) is 4.90 Å². The molecule has 1 amide bonds. The van der Waals surface area contributed by atoms with Crippen molar-refractivity contribution in [1.29, 1.82) is 0 Å². The predicted octanol–water partition coefficient (Wildman–Crippen LogP) is 1.36. The smallest absolute Gasteiger partial charge is 0.306 e. The Labute approximate surface area is 108 Å². The number of amides is 1. The van der Waals surface area contributed by atoms with Gasteiger partial charge in [0.15, 0.2) is 0 Å². The van der Waals surface area contributed by atoms with Gasteiger partial charge in [-0.15, -0.1) is 0 Å². The minimum absolute atomic E-state index is 0.00589. The van der Waals surface area contributed by atoms with Gasteiger partial charge in [0.1, 0.15) is 5.60 Å². The summed E-state index contributed by atoms with van der Waals surface area (Å²) in [5, 5.41) is 0. The number of hydrogen-bond acceptors (Lipinski definition) is 4. The molecule has 0 aromatic heterocycles. The van der Waals surface area contributed by atoms with Crippen LogP contribution in [-0.2, 0) is 19.1 Å². The van der Waals surface area contributed by atoms with Crippen LogP contribution in [-0.4, -0.2) is 48.7 Å². The third kappa shape index (κ3) is 6.00. The highest BCUT2D eigenvalue weighted by Gasteiger charge is 2.20. The van der Waals surface area contributed by atoms with Gasteiger partial charge >= 0.3 is 5.97 Å². The fourth-order valence-electron chi connectivity index (χ4n) is 1.76. The molecule has 1 aliphatic heterocycles. The topological polar surface area (TPSA) is 55.8 Å². The molecule has 0 saturated carbocycles. The molecule has 0 unspecified atom stereocenters. The third-order valence-electron chi connectivity index (χ3n) is 2.54. The van der Waals surface area contributed by atoms with Gasteiger partial charge in [0.05, 0.1) is 13.0 Å². The van der Waals surface area contributed by atoms with Gasteiger partial charge in [-0.25, -0.2) is 0 Å². The molecule has 1 saturated heterocycles. The maximum Gasteiger partial charge on any atom is 0.306 e. The highest BCUT2D eigenvalue weighted by Crippen LogP contribution is 2.10. The van der Waals surface area contributed by atoms with Crippen LogP contribution in [0.2, 0.25) is 0 Å². The molecule has 0 N–H and O–H groups in total. The highest BCUT2D eigenvalue weighted by atomic mass is 16.6. The van der Waals surface area contributed by atoms with E-state index < -0.39 is 5.60 Å². The van der Waals surface area contributed by atoms with E-state index >= 15 is 0 Å². The van der Waals surface area contributed by atoms with Gasteiger partial charge < -0.3 is 14.4 Å². The van der Waals surface area contributed by atoms with Crippen LogP contribution < -0.4 is 0 Å². The van der Waals surface area contributed by atoms with Gasteiger partial charge in [0.2, 0.25) is 5.91 Å². The Bertz CT molecular complexity index is 288. The molecule has 1 aliphatic rings. The predicted molar refractivity (Wildman–Crippen MR) is 67.1 cm³/mol. The van der Waals surface area contributed by atoms with Gasteiger partial charge in [0.25, 0.3) is 0 Å². The minimum Gasteiger partial charge on any atom is -0.460 e. The standard InChI is InChI=1S/C13H23NO4/c1-13(2,3)18-12(16)6-5-11(15)14-7-4-9-17-10-8-14/h4-10H2,1-3H3. The monoisotopic (exact) mass is 257 g/mol. The average molecular weight is 257 g/mol. The maximum atomic E-state index is 11.9. The molecule has 0 aliphatic carbocycles. The first-order valence-electron chi connectivity index (χ1n) is 6.46. The zero-order chi connectivity index (χ0) is 13.6. The Morgan fingerprint density at radius 3 is 2.56 bits per heavy atom. The van der Waals surface area contributed by atoms with Crippen molar-refractivity contribution < 1.29 is 19.1 Å². The van der Waals surface area contributed by atoms with Crippen LogP contribution >= 0.6 is 0 Å². The Morgan fingerprint density at radius 1 is 1.17 bits per heavy atom. The van der Waals surface area contributed by atoms with E-state index in [1.165, 1.54) is 0 Å². The van der Waals surface area contributed by atoms with Gasteiger partial charge in [-0.2, -0.15) is 0 Å². The molecule has 104 valence electrons. The molecule has 1 heterocycles. The molecule has 0 radical (unpaired) electrons. The first-order chi connectivity index (χ1) is 8.38. The van der Waals surface area contributed by atoms with Crippen LogP contribution in [0.1, 0.15) is 40.0 Å². The number of ether oxygens (including phenoxy) is 2.